The van der Waals surface area contributed by atoms with Crippen LogP contribution >= 0.6 is 0 Å². The predicted octanol–water partition coefficient (Wildman–Crippen LogP) is 6.14. The van der Waals surface area contributed by atoms with Gasteiger partial charge in [0.2, 0.25) is 0 Å². The van der Waals surface area contributed by atoms with E-state index in [1.54, 1.807) is 0 Å². The number of carbonyl (C=O) groups is 8. The molecule has 351 valence electrons. The normalized spacial score (nSPS) is 12.2. The van der Waals surface area contributed by atoms with Crippen molar-refractivity contribution in [2.75, 3.05) is 28.2 Å². The Balaban J connectivity index is -0.000000148. The van der Waals surface area contributed by atoms with Crippen LogP contribution in [-0.2, 0) is 38.4 Å². The van der Waals surface area contributed by atoms with Crippen LogP contribution < -0.4 is 0 Å². The van der Waals surface area contributed by atoms with Crippen molar-refractivity contribution in [3.8, 4) is 0 Å². The van der Waals surface area contributed by atoms with E-state index in [0.29, 0.717) is 0 Å². The molecule has 0 aromatic rings. The number of hydrogen-bond donors (Lipinski definition) is 0. The van der Waals surface area contributed by atoms with E-state index >= 15 is 0 Å². The molecule has 0 amide bonds. The molecule has 0 aliphatic heterocycles. The molecule has 0 aliphatic rings. The van der Waals surface area contributed by atoms with Gasteiger partial charge in [0.05, 0.1) is 28.2 Å². The third-order valence-corrected chi connectivity index (χ3v) is 3.28. The minimum absolute atomic E-state index is 0. The fourth-order valence-electron chi connectivity index (χ4n) is 1.13. The quantitative estimate of drug-likeness (QED) is 0.123. The second kappa shape index (κ2) is 22.2. The van der Waals surface area contributed by atoms with Crippen LogP contribution in [-0.4, -0.2) is 128 Å². The van der Waals surface area contributed by atoms with Crippen LogP contribution in [0.3, 0.4) is 0 Å². The minimum atomic E-state index is -5.46. The molecule has 0 unspecified atom stereocenters. The molecule has 0 fully saturated rings. The van der Waals surface area contributed by atoms with E-state index in [4.69, 9.17) is 0 Å². The number of halogens is 24. The first kappa shape index (κ1) is 64.0. The number of rotatable bonds is 8. The van der Waals surface area contributed by atoms with Crippen molar-refractivity contribution in [1.82, 2.24) is 0 Å². The summed E-state index contributed by atoms with van der Waals surface area (Å²) in [6.45, 7) is 0. The fourth-order valence-corrected chi connectivity index (χ4v) is 1.13. The monoisotopic (exact) mass is 1160 g/mol. The van der Waals surface area contributed by atoms with E-state index in [0.717, 1.165) is 4.48 Å². The average molecular weight is 1160 g/mol. The Hall–Kier alpha value is -5.88. The van der Waals surface area contributed by atoms with Gasteiger partial charge in [0.15, 0.2) is 0 Å². The van der Waals surface area contributed by atoms with Gasteiger partial charge in [0.25, 0.3) is 0 Å². The van der Waals surface area contributed by atoms with Gasteiger partial charge in [-0.05, 0) is 0 Å². The topological polar surface area (TPSA) is 137 Å². The van der Waals surface area contributed by atoms with Crippen LogP contribution in [0.15, 0.2) is 0 Å². The Labute approximate surface area is 298 Å². The number of ketones is 8. The molecule has 34 heteroatoms. The molecule has 0 aromatic carbocycles. The van der Waals surface area contributed by atoms with Crippen molar-refractivity contribution >= 4 is 46.3 Å². The van der Waals surface area contributed by atoms with Gasteiger partial charge in [0, 0.05) is 0 Å². The number of alkyl halides is 24. The van der Waals surface area contributed by atoms with Gasteiger partial charge in [-0.1, -0.05) is 0 Å². The molecule has 0 atom stereocenters. The number of quaternary nitrogens is 1. The minimum Gasteiger partial charge on any atom is -0.333 e. The van der Waals surface area contributed by atoms with E-state index in [1.807, 2.05) is 0 Å². The van der Waals surface area contributed by atoms with Crippen LogP contribution in [0, 0.1) is 25.7 Å². The molecule has 0 bridgehead atoms. The summed E-state index contributed by atoms with van der Waals surface area (Å²) in [7, 11) is 8.50. The van der Waals surface area contributed by atoms with E-state index in [-0.39, 0.29) is 0 Å². The van der Waals surface area contributed by atoms with Gasteiger partial charge in [-0.3, -0.25) is 0 Å². The van der Waals surface area contributed by atoms with Crippen molar-refractivity contribution in [2.45, 2.75) is 49.4 Å². The Morgan fingerprint density at radius 3 is 0.345 bits per heavy atom. The molecule has 0 spiro atoms. The predicted molar refractivity (Wildman–Crippen MR) is 130 cm³/mol. The van der Waals surface area contributed by atoms with Crippen LogP contribution in [0.5, 0.6) is 0 Å². The summed E-state index contributed by atoms with van der Waals surface area (Å²) < 4.78 is 272. The first-order valence-corrected chi connectivity index (χ1v) is 12.3. The van der Waals surface area contributed by atoms with Crippen molar-refractivity contribution in [3.63, 3.8) is 0 Å². The van der Waals surface area contributed by atoms with E-state index in [1.165, 1.54) is 0 Å². The number of Topliss-reactive ketones (excluding diaryl/α,β-unsaturated/α-hetero) is 8. The summed E-state index contributed by atoms with van der Waals surface area (Å²) in [6.07, 6.45) is -47.8. The Bertz CT molecular complexity index is 1100. The number of nitrogens with zero attached hydrogens (tertiary/aromatic N) is 1. The molecule has 0 saturated heterocycles. The summed E-state index contributed by atoms with van der Waals surface area (Å²) >= 11 is 0. The molecule has 0 heterocycles. The maximum atomic E-state index is 11.3. The molecule has 0 rings (SSSR count). The Kier molecular flexibility index (Phi) is 24.5. The van der Waals surface area contributed by atoms with Gasteiger partial charge >= 0.3 is 49.4 Å². The summed E-state index contributed by atoms with van der Waals surface area (Å²) in [6, 6.07) is 0. The zero-order valence-electron chi connectivity index (χ0n) is 27.4. The zero-order chi connectivity index (χ0) is 47.9. The third-order valence-electron chi connectivity index (χ3n) is 3.28. The van der Waals surface area contributed by atoms with E-state index in [2.05, 4.69) is 28.2 Å². The molecule has 1 radical (unpaired) electrons. The van der Waals surface area contributed by atoms with Gasteiger partial charge < -0.3 is 42.8 Å². The summed E-state index contributed by atoms with van der Waals surface area (Å²) in [4.78, 5) is 78.6. The van der Waals surface area contributed by atoms with Crippen molar-refractivity contribution in [1.29, 1.82) is 0 Å². The Morgan fingerprint density at radius 1 is 0.259 bits per heavy atom. The molecular weight excluding hydrogens is 1150 g/mol. The third kappa shape index (κ3) is 35.8. The average Bonchev–Trinajstić information content (AvgIpc) is 2.88. The maximum Gasteiger partial charge on any atom is 0.421 e. The second-order valence-corrected chi connectivity index (χ2v) is 10.2. The molecule has 0 aromatic heterocycles. The first-order valence-electron chi connectivity index (χ1n) is 12.3. The van der Waals surface area contributed by atoms with Crippen LogP contribution in [0.2, 0.25) is 0 Å². The van der Waals surface area contributed by atoms with Gasteiger partial charge in [0.1, 0.15) is 46.3 Å². The summed E-state index contributed by atoms with van der Waals surface area (Å²) in [5, 5.41) is 0. The molecule has 9 nitrogen and oxygen atoms in total. The van der Waals surface area contributed by atoms with Crippen LogP contribution in [0.1, 0.15) is 0 Å². The number of hydrogen-bond acceptors (Lipinski definition) is 8. The van der Waals surface area contributed by atoms with Gasteiger partial charge in [-0.15, -0.1) is 0 Å². The standard InChI is InChI=1S/4C5HF6O2.C4H12N.Lr/c4*6-4(7,8)2(12)1-3(13)5(9,10)11;1-5(2,3)4;/h4*1H;1-4H3;/q4*-1;+1;. The van der Waals surface area contributed by atoms with Gasteiger partial charge in [-0.25, -0.2) is 25.7 Å². The maximum absolute atomic E-state index is 11.3. The van der Waals surface area contributed by atoms with E-state index < -0.39 is 121 Å². The van der Waals surface area contributed by atoms with Crippen LogP contribution in [0.25, 0.3) is 0 Å². The van der Waals surface area contributed by atoms with Crippen molar-refractivity contribution in [2.24, 2.45) is 0 Å². The summed E-state index contributed by atoms with van der Waals surface area (Å²) in [5.41, 5.74) is 0. The SMILES string of the molecule is C[N+](C)(C)C.O=C([CH-]C(=O)C(F)(F)F)C(F)(F)F.O=C([CH-]C(=O)C(F)(F)F)C(F)(F)F.O=C([CH-]C(=O)C(F)(F)F)C(F)(F)F.O=C([CH-]C(=O)C(F)(F)F)C(F)(F)F.[Lr]. The number of carbonyl (C=O) groups excluding carboxylic acids is 8. The van der Waals surface area contributed by atoms with Gasteiger partial charge in [-0.2, -0.15) is 105 Å². The fraction of sp³-hybridized carbons (Fsp3) is 0.500. The van der Waals surface area contributed by atoms with Crippen molar-refractivity contribution in [3.05, 3.63) is 25.7 Å². The molecule has 0 aliphatic carbocycles. The zero-order valence-corrected chi connectivity index (χ0v) is 29.5. The summed E-state index contributed by atoms with van der Waals surface area (Å²) in [5.74, 6) is -22.6. The first-order chi connectivity index (χ1) is 24.2. The second-order valence-electron chi connectivity index (χ2n) is 10.2. The van der Waals surface area contributed by atoms with Crippen molar-refractivity contribution < 1.29 is 148 Å². The van der Waals surface area contributed by atoms with Crippen LogP contribution in [0.4, 0.5) is 105 Å². The van der Waals surface area contributed by atoms with E-state index in [9.17, 15) is 144 Å². The Morgan fingerprint density at radius 2 is 0.310 bits per heavy atom. The largest absolute Gasteiger partial charge is 0.421 e. The smallest absolute Gasteiger partial charge is 0.333 e. The molecule has 58 heavy (non-hydrogen) atoms. The molecular formula is C24H16F24LrNO8-3. The molecule has 0 N–H and O–H groups in total. The molecule has 0 saturated carbocycles.